The summed E-state index contributed by atoms with van der Waals surface area (Å²) < 4.78 is 5.54. The van der Waals surface area contributed by atoms with Gasteiger partial charge in [-0.15, -0.1) is 0 Å². The van der Waals surface area contributed by atoms with E-state index in [2.05, 4.69) is 15.3 Å². The molecule has 0 radical (unpaired) electrons. The van der Waals surface area contributed by atoms with Crippen molar-refractivity contribution in [3.8, 4) is 5.75 Å². The summed E-state index contributed by atoms with van der Waals surface area (Å²) in [7, 11) is 0. The summed E-state index contributed by atoms with van der Waals surface area (Å²) in [5.41, 5.74) is 9.17. The molecule has 0 spiro atoms. The minimum atomic E-state index is -0.175. The zero-order valence-electron chi connectivity index (χ0n) is 9.87. The molecule has 1 N–H and O–H groups in total. The lowest BCUT2D eigenvalue weighted by atomic mass is 9.96. The predicted molar refractivity (Wildman–Crippen MR) is 66.2 cm³/mol. The maximum atomic E-state index is 11.8. The molecule has 94 valence electrons. The number of hydrogen-bond acceptors (Lipinski definition) is 3. The Kier molecular flexibility index (Phi) is 4.04. The highest BCUT2D eigenvalue weighted by Crippen LogP contribution is 2.26. The lowest BCUT2D eigenvalue weighted by Gasteiger charge is -2.24. The van der Waals surface area contributed by atoms with Crippen molar-refractivity contribution >= 4 is 5.91 Å². The molecule has 0 aliphatic carbocycles. The number of rotatable bonds is 4. The molecule has 1 atom stereocenters. The smallest absolute Gasteiger partial charge is 0.226 e. The average Bonchev–Trinajstić information content (AvgIpc) is 2.43. The van der Waals surface area contributed by atoms with Crippen LogP contribution >= 0.6 is 0 Å². The third-order valence-corrected chi connectivity index (χ3v) is 2.82. The quantitative estimate of drug-likeness (QED) is 0.379. The SMILES string of the molecule is [N-]=[N+]=NCCNC(=O)C1COc2ccccc2C1. The second-order valence-electron chi connectivity index (χ2n) is 4.07. The van der Waals surface area contributed by atoms with Crippen LogP contribution in [-0.4, -0.2) is 25.6 Å². The number of para-hydroxylation sites is 1. The summed E-state index contributed by atoms with van der Waals surface area (Å²) in [6, 6.07) is 7.73. The monoisotopic (exact) mass is 246 g/mol. The molecule has 6 heteroatoms. The minimum Gasteiger partial charge on any atom is -0.492 e. The fourth-order valence-electron chi connectivity index (χ4n) is 1.91. The molecule has 0 fully saturated rings. The molecule has 0 saturated carbocycles. The van der Waals surface area contributed by atoms with Gasteiger partial charge in [0.15, 0.2) is 0 Å². The number of nitrogens with one attached hydrogen (secondary N) is 1. The van der Waals surface area contributed by atoms with Crippen LogP contribution < -0.4 is 10.1 Å². The van der Waals surface area contributed by atoms with Crippen molar-refractivity contribution in [2.75, 3.05) is 19.7 Å². The van der Waals surface area contributed by atoms with Crippen molar-refractivity contribution in [3.63, 3.8) is 0 Å². The zero-order chi connectivity index (χ0) is 12.8. The molecule has 1 aliphatic heterocycles. The minimum absolute atomic E-state index is 0.0577. The number of carbonyl (C=O) groups excluding carboxylic acids is 1. The van der Waals surface area contributed by atoms with Crippen LogP contribution in [0, 0.1) is 5.92 Å². The summed E-state index contributed by atoms with van der Waals surface area (Å²) in [5, 5.41) is 6.09. The first-order valence-corrected chi connectivity index (χ1v) is 5.80. The van der Waals surface area contributed by atoms with E-state index in [4.69, 9.17) is 10.3 Å². The van der Waals surface area contributed by atoms with Crippen molar-refractivity contribution in [2.24, 2.45) is 11.0 Å². The van der Waals surface area contributed by atoms with E-state index in [1.807, 2.05) is 24.3 Å². The molecule has 0 aromatic heterocycles. The second-order valence-corrected chi connectivity index (χ2v) is 4.07. The molecular weight excluding hydrogens is 232 g/mol. The van der Waals surface area contributed by atoms with Gasteiger partial charge in [0.25, 0.3) is 0 Å². The van der Waals surface area contributed by atoms with E-state index in [1.54, 1.807) is 0 Å². The molecule has 0 saturated heterocycles. The van der Waals surface area contributed by atoms with Crippen molar-refractivity contribution in [3.05, 3.63) is 40.3 Å². The van der Waals surface area contributed by atoms with Crippen molar-refractivity contribution in [1.82, 2.24) is 5.32 Å². The summed E-state index contributed by atoms with van der Waals surface area (Å²) in [5.74, 6) is 0.624. The van der Waals surface area contributed by atoms with Gasteiger partial charge >= 0.3 is 0 Å². The molecule has 18 heavy (non-hydrogen) atoms. The van der Waals surface area contributed by atoms with Gasteiger partial charge in [0.05, 0.1) is 5.92 Å². The normalized spacial score (nSPS) is 17.0. The lowest BCUT2D eigenvalue weighted by molar-refractivity contribution is -0.126. The highest BCUT2D eigenvalue weighted by atomic mass is 16.5. The van der Waals surface area contributed by atoms with Gasteiger partial charge < -0.3 is 10.1 Å². The van der Waals surface area contributed by atoms with Crippen LogP contribution in [0.2, 0.25) is 0 Å². The second kappa shape index (κ2) is 5.93. The van der Waals surface area contributed by atoms with E-state index in [1.165, 1.54) is 0 Å². The average molecular weight is 246 g/mol. The number of azide groups is 1. The topological polar surface area (TPSA) is 87.1 Å². The van der Waals surface area contributed by atoms with E-state index < -0.39 is 0 Å². The zero-order valence-corrected chi connectivity index (χ0v) is 9.87. The predicted octanol–water partition coefficient (Wildman–Crippen LogP) is 1.66. The lowest BCUT2D eigenvalue weighted by Crippen LogP contribution is -2.38. The Morgan fingerprint density at radius 3 is 3.22 bits per heavy atom. The van der Waals surface area contributed by atoms with E-state index in [9.17, 15) is 4.79 Å². The Balaban J connectivity index is 1.88. The Morgan fingerprint density at radius 2 is 2.39 bits per heavy atom. The highest BCUT2D eigenvalue weighted by Gasteiger charge is 2.25. The van der Waals surface area contributed by atoms with Gasteiger partial charge in [0.1, 0.15) is 12.4 Å². The Labute approximate surface area is 105 Å². The van der Waals surface area contributed by atoms with Crippen LogP contribution in [0.5, 0.6) is 5.75 Å². The van der Waals surface area contributed by atoms with Gasteiger partial charge in [-0.2, -0.15) is 0 Å². The maximum absolute atomic E-state index is 11.8. The molecule has 1 amide bonds. The Morgan fingerprint density at radius 1 is 1.56 bits per heavy atom. The Bertz CT molecular complexity index is 483. The Hall–Kier alpha value is -2.20. The summed E-state index contributed by atoms with van der Waals surface area (Å²) >= 11 is 0. The first-order valence-electron chi connectivity index (χ1n) is 5.80. The number of amides is 1. The van der Waals surface area contributed by atoms with Gasteiger partial charge in [-0.05, 0) is 23.6 Å². The largest absolute Gasteiger partial charge is 0.492 e. The maximum Gasteiger partial charge on any atom is 0.226 e. The molecule has 1 aromatic carbocycles. The van der Waals surface area contributed by atoms with Crippen molar-refractivity contribution in [1.29, 1.82) is 0 Å². The van der Waals surface area contributed by atoms with Crippen LogP contribution in [0.25, 0.3) is 10.4 Å². The summed E-state index contributed by atoms with van der Waals surface area (Å²) in [4.78, 5) is 14.5. The van der Waals surface area contributed by atoms with E-state index in [0.29, 0.717) is 19.6 Å². The first kappa shape index (κ1) is 12.3. The molecule has 1 aromatic rings. The number of carbonyl (C=O) groups is 1. The standard InChI is InChI=1S/C12H14N4O2/c13-16-15-6-5-14-12(17)10-7-9-3-1-2-4-11(9)18-8-10/h1-4,10H,5-8H2,(H,14,17). The van der Waals surface area contributed by atoms with Crippen LogP contribution in [0.1, 0.15) is 5.56 Å². The molecule has 0 bridgehead atoms. The van der Waals surface area contributed by atoms with Crippen LogP contribution in [-0.2, 0) is 11.2 Å². The number of ether oxygens (including phenoxy) is 1. The number of hydrogen-bond donors (Lipinski definition) is 1. The van der Waals surface area contributed by atoms with E-state index in [-0.39, 0.29) is 18.4 Å². The summed E-state index contributed by atoms with van der Waals surface area (Å²) in [6.07, 6.45) is 0.684. The van der Waals surface area contributed by atoms with Gasteiger partial charge in [0, 0.05) is 18.0 Å². The third kappa shape index (κ3) is 2.93. The van der Waals surface area contributed by atoms with Crippen molar-refractivity contribution < 1.29 is 9.53 Å². The summed E-state index contributed by atoms with van der Waals surface area (Å²) in [6.45, 7) is 1.03. The van der Waals surface area contributed by atoms with Crippen molar-refractivity contribution in [2.45, 2.75) is 6.42 Å². The molecule has 1 heterocycles. The third-order valence-electron chi connectivity index (χ3n) is 2.82. The molecule has 2 rings (SSSR count). The van der Waals surface area contributed by atoms with Gasteiger partial charge in [-0.1, -0.05) is 23.3 Å². The van der Waals surface area contributed by atoms with Crippen LogP contribution in [0.4, 0.5) is 0 Å². The molecule has 1 aliphatic rings. The molecular formula is C12H14N4O2. The van der Waals surface area contributed by atoms with Crippen LogP contribution in [0.15, 0.2) is 29.4 Å². The highest BCUT2D eigenvalue weighted by molar-refractivity contribution is 5.79. The van der Waals surface area contributed by atoms with E-state index >= 15 is 0 Å². The van der Waals surface area contributed by atoms with Gasteiger partial charge in [-0.25, -0.2) is 0 Å². The number of nitrogens with zero attached hydrogens (tertiary/aromatic N) is 3. The van der Waals surface area contributed by atoms with Crippen LogP contribution in [0.3, 0.4) is 0 Å². The first-order chi connectivity index (χ1) is 8.81. The van der Waals surface area contributed by atoms with Gasteiger partial charge in [-0.3, -0.25) is 4.79 Å². The number of fused-ring (bicyclic) bond motifs is 1. The van der Waals surface area contributed by atoms with E-state index in [0.717, 1.165) is 11.3 Å². The van der Waals surface area contributed by atoms with Gasteiger partial charge in [0.2, 0.25) is 5.91 Å². The fourth-order valence-corrected chi connectivity index (χ4v) is 1.91. The number of benzene rings is 1. The molecule has 6 nitrogen and oxygen atoms in total. The fraction of sp³-hybridized carbons (Fsp3) is 0.417. The molecule has 1 unspecified atom stereocenters.